The number of rotatable bonds is 3. The molecule has 4 aromatic carbocycles. The lowest BCUT2D eigenvalue weighted by Crippen LogP contribution is -2.02. The van der Waals surface area contributed by atoms with Crippen LogP contribution < -0.4 is 0 Å². The van der Waals surface area contributed by atoms with E-state index in [2.05, 4.69) is 127 Å². The third kappa shape index (κ3) is 4.29. The van der Waals surface area contributed by atoms with Crippen LogP contribution in [0.25, 0.3) is 6.08 Å². The summed E-state index contributed by atoms with van der Waals surface area (Å²) >= 11 is 0. The monoisotopic (exact) mass is 360 g/mol. The zero-order valence-corrected chi connectivity index (χ0v) is 15.9. The Labute approximate surface area is 167 Å². The van der Waals surface area contributed by atoms with Gasteiger partial charge in [0.1, 0.15) is 0 Å². The maximum Gasteiger partial charge on any atom is 0.0339 e. The fourth-order valence-corrected chi connectivity index (χ4v) is 3.71. The zero-order valence-electron chi connectivity index (χ0n) is 15.9. The van der Waals surface area contributed by atoms with E-state index in [9.17, 15) is 0 Å². The van der Waals surface area contributed by atoms with E-state index >= 15 is 0 Å². The van der Waals surface area contributed by atoms with Gasteiger partial charge in [-0.1, -0.05) is 127 Å². The predicted molar refractivity (Wildman–Crippen MR) is 119 cm³/mol. The number of allylic oxidation sites excluding steroid dienone is 1. The van der Waals surface area contributed by atoms with Gasteiger partial charge >= 0.3 is 0 Å². The highest BCUT2D eigenvalue weighted by atomic mass is 14.2. The number of fused-ring (bicyclic) bond motifs is 1. The molecule has 0 unspecified atom stereocenters. The second-order valence-electron chi connectivity index (χ2n) is 6.97. The molecule has 0 heteroatoms. The maximum atomic E-state index is 2.20. The maximum absolute atomic E-state index is 2.20. The Balaban J connectivity index is 0.000000177. The zero-order chi connectivity index (χ0) is 19.0. The molecule has 0 fully saturated rings. The first-order valence-corrected chi connectivity index (χ1v) is 9.81. The van der Waals surface area contributed by atoms with E-state index in [4.69, 9.17) is 0 Å². The molecule has 0 atom stereocenters. The highest BCUT2D eigenvalue weighted by Gasteiger charge is 2.15. The summed E-state index contributed by atoms with van der Waals surface area (Å²) in [6, 6.07) is 40.5. The smallest absolute Gasteiger partial charge is 0.0339 e. The Morgan fingerprint density at radius 1 is 0.464 bits per heavy atom. The number of hydrogen-bond donors (Lipinski definition) is 0. The van der Waals surface area contributed by atoms with Gasteiger partial charge in [0.25, 0.3) is 0 Å². The summed E-state index contributed by atoms with van der Waals surface area (Å²) in [5, 5.41) is 0. The summed E-state index contributed by atoms with van der Waals surface area (Å²) in [5.74, 6) is 0.309. The summed E-state index contributed by atoms with van der Waals surface area (Å²) in [4.78, 5) is 0. The van der Waals surface area contributed by atoms with E-state index in [0.717, 1.165) is 6.42 Å². The van der Waals surface area contributed by atoms with Crippen molar-refractivity contribution in [3.05, 3.63) is 149 Å². The molecule has 0 amide bonds. The van der Waals surface area contributed by atoms with Crippen molar-refractivity contribution in [3.63, 3.8) is 0 Å². The average Bonchev–Trinajstić information content (AvgIpc) is 3.26. The molecular formula is C28H24. The van der Waals surface area contributed by atoms with Crippen LogP contribution in [0.5, 0.6) is 0 Å². The molecule has 1 aliphatic rings. The van der Waals surface area contributed by atoms with Crippen molar-refractivity contribution in [1.82, 2.24) is 0 Å². The third-order valence-corrected chi connectivity index (χ3v) is 5.09. The fraction of sp³-hybridized carbons (Fsp3) is 0.0714. The van der Waals surface area contributed by atoms with Crippen LogP contribution >= 0.6 is 0 Å². The second-order valence-corrected chi connectivity index (χ2v) is 6.97. The standard InChI is InChI=1S/C19H16.C9H8/c1-4-10-16(11-5-1)19(17-12-6-2-7-13-17)18-14-8-3-9-15-18;1-2-5-9-7-3-6-8(9)4-1/h1-15,19H;1-6H,7H2. The lowest BCUT2D eigenvalue weighted by Gasteiger charge is -2.18. The molecule has 0 bridgehead atoms. The SMILES string of the molecule is C1=Cc2ccccc2C1.c1ccc(C(c2ccccc2)c2ccccc2)cc1. The normalized spacial score (nSPS) is 11.6. The van der Waals surface area contributed by atoms with Crippen LogP contribution in [0.2, 0.25) is 0 Å². The predicted octanol–water partition coefficient (Wildman–Crippen LogP) is 7.12. The van der Waals surface area contributed by atoms with Crippen molar-refractivity contribution in [2.24, 2.45) is 0 Å². The molecule has 5 rings (SSSR count). The molecule has 0 saturated carbocycles. The Morgan fingerprint density at radius 2 is 0.893 bits per heavy atom. The average molecular weight is 361 g/mol. The van der Waals surface area contributed by atoms with Crippen LogP contribution in [-0.4, -0.2) is 0 Å². The third-order valence-electron chi connectivity index (χ3n) is 5.09. The first-order chi connectivity index (χ1) is 13.9. The molecule has 1 aliphatic carbocycles. The van der Waals surface area contributed by atoms with E-state index in [1.165, 1.54) is 27.8 Å². The van der Waals surface area contributed by atoms with E-state index in [-0.39, 0.29) is 0 Å². The van der Waals surface area contributed by atoms with Gasteiger partial charge in [0.15, 0.2) is 0 Å². The Morgan fingerprint density at radius 3 is 1.36 bits per heavy atom. The molecule has 0 saturated heterocycles. The van der Waals surface area contributed by atoms with Crippen molar-refractivity contribution in [2.75, 3.05) is 0 Å². The fourth-order valence-electron chi connectivity index (χ4n) is 3.71. The lowest BCUT2D eigenvalue weighted by atomic mass is 9.85. The van der Waals surface area contributed by atoms with E-state index in [1.807, 2.05) is 0 Å². The van der Waals surface area contributed by atoms with Gasteiger partial charge in [0.05, 0.1) is 0 Å². The summed E-state index contributed by atoms with van der Waals surface area (Å²) in [6.45, 7) is 0. The molecule has 0 aromatic heterocycles. The molecule has 0 spiro atoms. The van der Waals surface area contributed by atoms with Gasteiger partial charge in [-0.3, -0.25) is 0 Å². The minimum absolute atomic E-state index is 0.309. The highest BCUT2D eigenvalue weighted by molar-refractivity contribution is 5.59. The highest BCUT2D eigenvalue weighted by Crippen LogP contribution is 2.31. The molecule has 0 aliphatic heterocycles. The van der Waals surface area contributed by atoms with Crippen LogP contribution in [-0.2, 0) is 6.42 Å². The van der Waals surface area contributed by atoms with Crippen LogP contribution in [0.1, 0.15) is 33.7 Å². The number of hydrogen-bond acceptors (Lipinski definition) is 0. The molecule has 4 aromatic rings. The lowest BCUT2D eigenvalue weighted by molar-refractivity contribution is 0.977. The molecule has 28 heavy (non-hydrogen) atoms. The van der Waals surface area contributed by atoms with E-state index in [0.29, 0.717) is 5.92 Å². The van der Waals surface area contributed by atoms with E-state index in [1.54, 1.807) is 0 Å². The summed E-state index contributed by atoms with van der Waals surface area (Å²) in [6.07, 6.45) is 5.50. The van der Waals surface area contributed by atoms with Crippen molar-refractivity contribution >= 4 is 6.08 Å². The van der Waals surface area contributed by atoms with Crippen molar-refractivity contribution in [2.45, 2.75) is 12.3 Å². The van der Waals surface area contributed by atoms with Crippen LogP contribution in [0.3, 0.4) is 0 Å². The largest absolute Gasteiger partial charge is 0.0795 e. The molecule has 0 nitrogen and oxygen atoms in total. The molecule has 0 N–H and O–H groups in total. The summed E-state index contributed by atoms with van der Waals surface area (Å²) < 4.78 is 0. The van der Waals surface area contributed by atoms with Gasteiger partial charge in [-0.2, -0.15) is 0 Å². The second kappa shape index (κ2) is 9.01. The summed E-state index contributed by atoms with van der Waals surface area (Å²) in [5.41, 5.74) is 6.84. The van der Waals surface area contributed by atoms with Gasteiger partial charge in [-0.25, -0.2) is 0 Å². The first kappa shape index (κ1) is 18.0. The van der Waals surface area contributed by atoms with Crippen LogP contribution in [0.4, 0.5) is 0 Å². The minimum atomic E-state index is 0.309. The molecule has 136 valence electrons. The van der Waals surface area contributed by atoms with Gasteiger partial charge in [-0.15, -0.1) is 0 Å². The Kier molecular flexibility index (Phi) is 5.80. The topological polar surface area (TPSA) is 0 Å². The van der Waals surface area contributed by atoms with Gasteiger partial charge < -0.3 is 0 Å². The van der Waals surface area contributed by atoms with Gasteiger partial charge in [0.2, 0.25) is 0 Å². The van der Waals surface area contributed by atoms with Crippen LogP contribution in [0, 0.1) is 0 Å². The van der Waals surface area contributed by atoms with Gasteiger partial charge in [-0.05, 0) is 34.2 Å². The molecule has 0 heterocycles. The van der Waals surface area contributed by atoms with Crippen molar-refractivity contribution in [1.29, 1.82) is 0 Å². The van der Waals surface area contributed by atoms with E-state index < -0.39 is 0 Å². The summed E-state index contributed by atoms with van der Waals surface area (Å²) in [7, 11) is 0. The van der Waals surface area contributed by atoms with Crippen molar-refractivity contribution in [3.8, 4) is 0 Å². The minimum Gasteiger partial charge on any atom is -0.0795 e. The quantitative estimate of drug-likeness (QED) is 0.341. The Hall–Kier alpha value is -3.38. The van der Waals surface area contributed by atoms with Gasteiger partial charge in [0, 0.05) is 5.92 Å². The number of benzene rings is 4. The van der Waals surface area contributed by atoms with Crippen LogP contribution in [0.15, 0.2) is 121 Å². The first-order valence-electron chi connectivity index (χ1n) is 9.81. The molecular weight excluding hydrogens is 336 g/mol. The molecule has 0 radical (unpaired) electrons. The van der Waals surface area contributed by atoms with Crippen molar-refractivity contribution < 1.29 is 0 Å². The Bertz CT molecular complexity index is 921.